The largest absolute Gasteiger partial charge is 0.756 e. The van der Waals surface area contributed by atoms with E-state index in [4.69, 9.17) is 9.05 Å². The molecule has 1 aliphatic rings. The summed E-state index contributed by atoms with van der Waals surface area (Å²) in [6.45, 7) is 7.84. The molecule has 1 aliphatic heterocycles. The van der Waals surface area contributed by atoms with Gasteiger partial charge in [-0.2, -0.15) is 0 Å². The summed E-state index contributed by atoms with van der Waals surface area (Å²) in [4.78, 5) is 12.1. The van der Waals surface area contributed by atoms with Crippen LogP contribution in [0.1, 0.15) is 123 Å². The minimum absolute atomic E-state index is 0.206. The fourth-order valence-electron chi connectivity index (χ4n) is 4.72. The van der Waals surface area contributed by atoms with Crippen LogP contribution < -0.4 is 4.89 Å². The summed E-state index contributed by atoms with van der Waals surface area (Å²) in [7, 11) is -1.91. The van der Waals surface area contributed by atoms with Gasteiger partial charge in [0.25, 0.3) is 7.82 Å². The van der Waals surface area contributed by atoms with Crippen LogP contribution in [0, 0.1) is 0 Å². The predicted octanol–water partition coefficient (Wildman–Crippen LogP) is 6.99. The average molecular weight is 462 g/mol. The van der Waals surface area contributed by atoms with Crippen LogP contribution in [0.3, 0.4) is 0 Å². The van der Waals surface area contributed by atoms with Gasteiger partial charge in [-0.3, -0.25) is 4.57 Å². The van der Waals surface area contributed by atoms with Crippen molar-refractivity contribution >= 4 is 7.82 Å². The number of hydrogen-bond acceptors (Lipinski definition) is 4. The van der Waals surface area contributed by atoms with Crippen LogP contribution in [-0.2, 0) is 13.6 Å². The molecule has 1 saturated heterocycles. The number of likely N-dealkylation sites (tertiary alicyclic amines) is 1. The SMILES string of the molecule is CCCCCCCCCCCCCCCCOP(=O)([O-])OC1CC[N+](C)(CCC)CC1. The number of hydrogen-bond donors (Lipinski definition) is 0. The van der Waals surface area contributed by atoms with E-state index >= 15 is 0 Å². The van der Waals surface area contributed by atoms with Crippen molar-refractivity contribution in [2.75, 3.05) is 33.3 Å². The highest BCUT2D eigenvalue weighted by Gasteiger charge is 2.31. The van der Waals surface area contributed by atoms with E-state index in [1.54, 1.807) is 0 Å². The quantitative estimate of drug-likeness (QED) is 0.111. The second kappa shape index (κ2) is 17.5. The van der Waals surface area contributed by atoms with E-state index in [1.807, 2.05) is 0 Å². The maximum atomic E-state index is 12.1. The smallest absolute Gasteiger partial charge is 0.268 e. The van der Waals surface area contributed by atoms with Crippen molar-refractivity contribution in [3.63, 3.8) is 0 Å². The minimum atomic E-state index is -4.16. The zero-order valence-corrected chi connectivity index (χ0v) is 21.8. The van der Waals surface area contributed by atoms with E-state index in [0.29, 0.717) is 0 Å². The topological polar surface area (TPSA) is 58.6 Å². The molecule has 5 nitrogen and oxygen atoms in total. The van der Waals surface area contributed by atoms with E-state index < -0.39 is 7.82 Å². The molecule has 1 atom stereocenters. The first-order chi connectivity index (χ1) is 14.9. The number of quaternary nitrogens is 1. The van der Waals surface area contributed by atoms with Crippen LogP contribution in [0.15, 0.2) is 0 Å². The van der Waals surface area contributed by atoms with Gasteiger partial charge in [0.15, 0.2) is 0 Å². The molecule has 0 N–H and O–H groups in total. The normalized spacial score (nSPS) is 23.7. The number of phosphoric ester groups is 1. The molecule has 186 valence electrons. The maximum absolute atomic E-state index is 12.1. The summed E-state index contributed by atoms with van der Waals surface area (Å²) in [6.07, 6.45) is 20.5. The predicted molar refractivity (Wildman–Crippen MR) is 129 cm³/mol. The van der Waals surface area contributed by atoms with Crippen molar-refractivity contribution in [3.05, 3.63) is 0 Å². The molecular weight excluding hydrogens is 409 g/mol. The lowest BCUT2D eigenvalue weighted by molar-refractivity contribution is -0.915. The second-order valence-corrected chi connectivity index (χ2v) is 11.3. The average Bonchev–Trinajstić information content (AvgIpc) is 2.73. The Balaban J connectivity index is 1.92. The molecule has 1 rings (SSSR count). The van der Waals surface area contributed by atoms with Crippen LogP contribution in [0.25, 0.3) is 0 Å². The molecular formula is C25H52NO4P. The number of phosphoric acid groups is 1. The number of nitrogens with zero attached hydrogens (tertiary/aromatic N) is 1. The molecule has 0 saturated carbocycles. The third kappa shape index (κ3) is 15.5. The Kier molecular flexibility index (Phi) is 16.5. The summed E-state index contributed by atoms with van der Waals surface area (Å²) < 4.78 is 23.6. The van der Waals surface area contributed by atoms with Gasteiger partial charge < -0.3 is 18.4 Å². The molecule has 1 heterocycles. The molecule has 0 aromatic heterocycles. The molecule has 0 radical (unpaired) electrons. The lowest BCUT2D eigenvalue weighted by Gasteiger charge is -2.41. The van der Waals surface area contributed by atoms with E-state index in [9.17, 15) is 9.46 Å². The molecule has 0 aliphatic carbocycles. The summed E-state index contributed by atoms with van der Waals surface area (Å²) in [5.41, 5.74) is 0. The molecule has 0 amide bonds. The van der Waals surface area contributed by atoms with Crippen molar-refractivity contribution in [2.45, 2.75) is 129 Å². The van der Waals surface area contributed by atoms with Gasteiger partial charge in [0.2, 0.25) is 0 Å². The van der Waals surface area contributed by atoms with Gasteiger partial charge in [-0.15, -0.1) is 0 Å². The zero-order chi connectivity index (χ0) is 22.8. The van der Waals surface area contributed by atoms with E-state index in [0.717, 1.165) is 56.2 Å². The Morgan fingerprint density at radius 3 is 1.68 bits per heavy atom. The Labute approximate surface area is 193 Å². The first-order valence-electron chi connectivity index (χ1n) is 13.4. The Hall–Kier alpha value is 0.0700. The fraction of sp³-hybridized carbons (Fsp3) is 1.00. The van der Waals surface area contributed by atoms with Crippen molar-refractivity contribution in [1.29, 1.82) is 0 Å². The van der Waals surface area contributed by atoms with Gasteiger partial charge in [-0.05, 0) is 12.8 Å². The van der Waals surface area contributed by atoms with Crippen molar-refractivity contribution in [1.82, 2.24) is 0 Å². The third-order valence-corrected chi connectivity index (χ3v) is 7.83. The minimum Gasteiger partial charge on any atom is -0.756 e. The van der Waals surface area contributed by atoms with Crippen molar-refractivity contribution < 1.29 is 23.0 Å². The third-order valence-electron chi connectivity index (χ3n) is 6.77. The summed E-state index contributed by atoms with van der Waals surface area (Å²) in [5.74, 6) is 0. The van der Waals surface area contributed by atoms with Gasteiger partial charge >= 0.3 is 0 Å². The Morgan fingerprint density at radius 2 is 1.23 bits per heavy atom. The highest BCUT2D eigenvalue weighted by Crippen LogP contribution is 2.42. The van der Waals surface area contributed by atoms with Crippen molar-refractivity contribution in [3.8, 4) is 0 Å². The Bertz CT molecular complexity index is 466. The standard InChI is InChI=1S/C25H52NO4P/c1-4-6-7-8-9-10-11-12-13-14-15-16-17-18-24-29-31(27,28)30-25-19-22-26(3,21-5-2)23-20-25/h25H,4-24H2,1-3H3. The highest BCUT2D eigenvalue weighted by atomic mass is 31.2. The second-order valence-electron chi connectivity index (χ2n) is 9.97. The maximum Gasteiger partial charge on any atom is 0.268 e. The molecule has 0 spiro atoms. The zero-order valence-electron chi connectivity index (χ0n) is 21.0. The van der Waals surface area contributed by atoms with Crippen LogP contribution >= 0.6 is 7.82 Å². The van der Waals surface area contributed by atoms with Gasteiger partial charge in [0.05, 0.1) is 39.4 Å². The highest BCUT2D eigenvalue weighted by molar-refractivity contribution is 7.45. The van der Waals surface area contributed by atoms with Crippen molar-refractivity contribution in [2.24, 2.45) is 0 Å². The number of unbranched alkanes of at least 4 members (excludes halogenated alkanes) is 13. The molecule has 0 bridgehead atoms. The molecule has 6 heteroatoms. The van der Waals surface area contributed by atoms with E-state index in [1.165, 1.54) is 77.0 Å². The monoisotopic (exact) mass is 461 g/mol. The first-order valence-corrected chi connectivity index (χ1v) is 14.8. The molecule has 0 aromatic carbocycles. The van der Waals surface area contributed by atoms with Crippen LogP contribution in [-0.4, -0.2) is 43.9 Å². The van der Waals surface area contributed by atoms with Crippen LogP contribution in [0.2, 0.25) is 0 Å². The lowest BCUT2D eigenvalue weighted by Crippen LogP contribution is -2.51. The number of rotatable bonds is 20. The van der Waals surface area contributed by atoms with Gasteiger partial charge in [-0.25, -0.2) is 0 Å². The Morgan fingerprint density at radius 1 is 0.774 bits per heavy atom. The fourth-order valence-corrected chi connectivity index (χ4v) is 5.71. The summed E-state index contributed by atoms with van der Waals surface area (Å²) in [5, 5.41) is 0. The number of piperidine rings is 1. The van der Waals surface area contributed by atoms with Crippen LogP contribution in [0.4, 0.5) is 0 Å². The van der Waals surface area contributed by atoms with Gasteiger partial charge in [-0.1, -0.05) is 97.3 Å². The molecule has 0 aromatic rings. The molecule has 1 unspecified atom stereocenters. The first kappa shape index (κ1) is 29.1. The van der Waals surface area contributed by atoms with Crippen LogP contribution in [0.5, 0.6) is 0 Å². The van der Waals surface area contributed by atoms with Gasteiger partial charge in [0.1, 0.15) is 0 Å². The molecule has 1 fully saturated rings. The van der Waals surface area contributed by atoms with Gasteiger partial charge in [0, 0.05) is 12.8 Å². The van der Waals surface area contributed by atoms with E-state index in [-0.39, 0.29) is 12.7 Å². The van der Waals surface area contributed by atoms with E-state index in [2.05, 4.69) is 20.9 Å². The molecule has 31 heavy (non-hydrogen) atoms. The summed E-state index contributed by atoms with van der Waals surface area (Å²) >= 11 is 0. The summed E-state index contributed by atoms with van der Waals surface area (Å²) in [6, 6.07) is 0. The lowest BCUT2D eigenvalue weighted by atomic mass is 10.0.